The molecule has 0 unspecified atom stereocenters. The summed E-state index contributed by atoms with van der Waals surface area (Å²) in [5.74, 6) is 0.885. The highest BCUT2D eigenvalue weighted by molar-refractivity contribution is 7.21. The maximum absolute atomic E-state index is 5.30. The van der Waals surface area contributed by atoms with Crippen molar-refractivity contribution in [1.29, 1.82) is 0 Å². The van der Waals surface area contributed by atoms with Crippen LogP contribution in [-0.4, -0.2) is 30.4 Å². The van der Waals surface area contributed by atoms with Crippen LogP contribution >= 0.6 is 22.7 Å². The summed E-state index contributed by atoms with van der Waals surface area (Å²) in [5, 5.41) is 15.9. The molecule has 0 radical (unpaired) electrons. The summed E-state index contributed by atoms with van der Waals surface area (Å²) in [6.45, 7) is 4.17. The standard InChI is InChI=1S/C12H17N3OS2/c1-3-13-7-4-5-10-14-15-12(18-10)11-9(16-2)6-8-17-11/h6,8,13H,3-5,7H2,1-2H3. The zero-order chi connectivity index (χ0) is 12.8. The summed E-state index contributed by atoms with van der Waals surface area (Å²) >= 11 is 3.30. The van der Waals surface area contributed by atoms with E-state index in [0.717, 1.165) is 46.6 Å². The Labute approximate surface area is 115 Å². The fourth-order valence-corrected chi connectivity index (χ4v) is 3.43. The van der Waals surface area contributed by atoms with Gasteiger partial charge in [0.05, 0.1) is 7.11 Å². The highest BCUT2D eigenvalue weighted by atomic mass is 32.1. The first-order valence-electron chi connectivity index (χ1n) is 6.00. The van der Waals surface area contributed by atoms with Crippen molar-refractivity contribution in [3.63, 3.8) is 0 Å². The molecule has 2 aromatic rings. The van der Waals surface area contributed by atoms with Gasteiger partial charge in [-0.1, -0.05) is 18.3 Å². The molecular formula is C12H17N3OS2. The van der Waals surface area contributed by atoms with Gasteiger partial charge in [0, 0.05) is 6.42 Å². The number of hydrogen-bond acceptors (Lipinski definition) is 6. The average molecular weight is 283 g/mol. The molecular weight excluding hydrogens is 266 g/mol. The number of rotatable bonds is 7. The van der Waals surface area contributed by atoms with E-state index in [1.807, 2.05) is 11.4 Å². The van der Waals surface area contributed by atoms with Crippen molar-refractivity contribution in [2.75, 3.05) is 20.2 Å². The number of nitrogens with one attached hydrogen (secondary N) is 1. The molecule has 98 valence electrons. The van der Waals surface area contributed by atoms with Gasteiger partial charge in [0.15, 0.2) is 5.01 Å². The molecule has 2 aromatic heterocycles. The molecule has 0 aliphatic carbocycles. The molecule has 0 saturated heterocycles. The molecule has 0 saturated carbocycles. The van der Waals surface area contributed by atoms with Gasteiger partial charge in [0.2, 0.25) is 0 Å². The Morgan fingerprint density at radius 1 is 1.39 bits per heavy atom. The SMILES string of the molecule is CCNCCCc1nnc(-c2sccc2OC)s1. The highest BCUT2D eigenvalue weighted by Gasteiger charge is 2.12. The summed E-state index contributed by atoms with van der Waals surface area (Å²) < 4.78 is 5.30. The van der Waals surface area contributed by atoms with Crippen LogP contribution in [0.5, 0.6) is 5.75 Å². The van der Waals surface area contributed by atoms with Gasteiger partial charge in [-0.2, -0.15) is 0 Å². The van der Waals surface area contributed by atoms with Gasteiger partial charge in [0.1, 0.15) is 15.6 Å². The lowest BCUT2D eigenvalue weighted by Crippen LogP contribution is -2.14. The van der Waals surface area contributed by atoms with Gasteiger partial charge in [-0.25, -0.2) is 0 Å². The van der Waals surface area contributed by atoms with E-state index in [1.165, 1.54) is 0 Å². The third-order valence-electron chi connectivity index (χ3n) is 2.50. The van der Waals surface area contributed by atoms with Gasteiger partial charge in [-0.15, -0.1) is 21.5 Å². The van der Waals surface area contributed by atoms with Crippen LogP contribution in [0.15, 0.2) is 11.4 Å². The molecule has 0 spiro atoms. The molecule has 6 heteroatoms. The zero-order valence-electron chi connectivity index (χ0n) is 10.6. The largest absolute Gasteiger partial charge is 0.495 e. The summed E-state index contributed by atoms with van der Waals surface area (Å²) in [7, 11) is 1.68. The maximum Gasteiger partial charge on any atom is 0.161 e. The smallest absolute Gasteiger partial charge is 0.161 e. The van der Waals surface area contributed by atoms with Gasteiger partial charge in [0.25, 0.3) is 0 Å². The van der Waals surface area contributed by atoms with Gasteiger partial charge in [-0.05, 0) is 31.0 Å². The topological polar surface area (TPSA) is 47.0 Å². The fraction of sp³-hybridized carbons (Fsp3) is 0.500. The molecule has 0 amide bonds. The number of hydrogen-bond donors (Lipinski definition) is 1. The molecule has 0 aliphatic heterocycles. The van der Waals surface area contributed by atoms with Crippen LogP contribution in [-0.2, 0) is 6.42 Å². The van der Waals surface area contributed by atoms with Crippen molar-refractivity contribution in [2.45, 2.75) is 19.8 Å². The predicted octanol–water partition coefficient (Wildman–Crippen LogP) is 2.82. The Balaban J connectivity index is 1.97. The minimum Gasteiger partial charge on any atom is -0.495 e. The number of nitrogens with zero attached hydrogens (tertiary/aromatic N) is 2. The normalized spacial score (nSPS) is 10.8. The van der Waals surface area contributed by atoms with E-state index in [0.29, 0.717) is 0 Å². The second kappa shape index (κ2) is 6.82. The van der Waals surface area contributed by atoms with E-state index in [4.69, 9.17) is 4.74 Å². The Bertz CT molecular complexity index is 481. The van der Waals surface area contributed by atoms with Crippen LogP contribution in [0.1, 0.15) is 18.4 Å². The van der Waals surface area contributed by atoms with Gasteiger partial charge >= 0.3 is 0 Å². The Morgan fingerprint density at radius 2 is 2.28 bits per heavy atom. The Hall–Kier alpha value is -0.980. The number of ether oxygens (including phenoxy) is 1. The molecule has 18 heavy (non-hydrogen) atoms. The molecule has 0 bridgehead atoms. The van der Waals surface area contributed by atoms with Crippen molar-refractivity contribution in [1.82, 2.24) is 15.5 Å². The number of methoxy groups -OCH3 is 1. The second-order valence-corrected chi connectivity index (χ2v) is 5.75. The van der Waals surface area contributed by atoms with E-state index >= 15 is 0 Å². The lowest BCUT2D eigenvalue weighted by Gasteiger charge is -1.98. The average Bonchev–Trinajstić information content (AvgIpc) is 3.02. The van der Waals surface area contributed by atoms with Gasteiger partial charge in [-0.3, -0.25) is 0 Å². The first-order valence-corrected chi connectivity index (χ1v) is 7.69. The molecule has 0 aromatic carbocycles. The van der Waals surface area contributed by atoms with Crippen LogP contribution in [0.3, 0.4) is 0 Å². The minimum atomic E-state index is 0.885. The van der Waals surface area contributed by atoms with E-state index in [9.17, 15) is 0 Å². The van der Waals surface area contributed by atoms with Crippen LogP contribution in [0, 0.1) is 0 Å². The van der Waals surface area contributed by atoms with E-state index < -0.39 is 0 Å². The Morgan fingerprint density at radius 3 is 3.06 bits per heavy atom. The van der Waals surface area contributed by atoms with Crippen LogP contribution in [0.25, 0.3) is 9.88 Å². The predicted molar refractivity (Wildman–Crippen MR) is 76.6 cm³/mol. The van der Waals surface area contributed by atoms with Crippen LogP contribution in [0.4, 0.5) is 0 Å². The molecule has 1 N–H and O–H groups in total. The summed E-state index contributed by atoms with van der Waals surface area (Å²) in [6, 6.07) is 1.96. The fourth-order valence-electron chi connectivity index (χ4n) is 1.60. The molecule has 2 rings (SSSR count). The minimum absolute atomic E-state index is 0.885. The Kier molecular flexibility index (Phi) is 5.10. The maximum atomic E-state index is 5.30. The summed E-state index contributed by atoms with van der Waals surface area (Å²) in [5.41, 5.74) is 0. The van der Waals surface area contributed by atoms with Crippen molar-refractivity contribution in [2.24, 2.45) is 0 Å². The first-order chi connectivity index (χ1) is 8.85. The molecule has 2 heterocycles. The zero-order valence-corrected chi connectivity index (χ0v) is 12.2. The van der Waals surface area contributed by atoms with Crippen molar-refractivity contribution in [3.8, 4) is 15.6 Å². The van der Waals surface area contributed by atoms with Crippen molar-refractivity contribution in [3.05, 3.63) is 16.5 Å². The monoisotopic (exact) mass is 283 g/mol. The highest BCUT2D eigenvalue weighted by Crippen LogP contribution is 2.36. The lowest BCUT2D eigenvalue weighted by molar-refractivity contribution is 0.418. The molecule has 4 nitrogen and oxygen atoms in total. The third kappa shape index (κ3) is 3.28. The number of aromatic nitrogens is 2. The quantitative estimate of drug-likeness (QED) is 0.794. The first kappa shape index (κ1) is 13.5. The number of aryl methyl sites for hydroxylation is 1. The van der Waals surface area contributed by atoms with Crippen molar-refractivity contribution >= 4 is 22.7 Å². The van der Waals surface area contributed by atoms with Crippen LogP contribution in [0.2, 0.25) is 0 Å². The molecule has 0 atom stereocenters. The van der Waals surface area contributed by atoms with E-state index in [-0.39, 0.29) is 0 Å². The lowest BCUT2D eigenvalue weighted by atomic mass is 10.3. The van der Waals surface area contributed by atoms with E-state index in [2.05, 4.69) is 22.4 Å². The summed E-state index contributed by atoms with van der Waals surface area (Å²) in [6.07, 6.45) is 2.09. The van der Waals surface area contributed by atoms with E-state index in [1.54, 1.807) is 29.8 Å². The third-order valence-corrected chi connectivity index (χ3v) is 4.54. The second-order valence-electron chi connectivity index (χ2n) is 3.78. The van der Waals surface area contributed by atoms with Crippen LogP contribution < -0.4 is 10.1 Å². The van der Waals surface area contributed by atoms with Gasteiger partial charge < -0.3 is 10.1 Å². The number of thiophene rings is 1. The van der Waals surface area contributed by atoms with Crippen molar-refractivity contribution < 1.29 is 4.74 Å². The molecule has 0 aliphatic rings. The summed E-state index contributed by atoms with van der Waals surface area (Å²) in [4.78, 5) is 1.08. The molecule has 0 fully saturated rings.